The van der Waals surface area contributed by atoms with Crippen molar-refractivity contribution in [2.45, 2.75) is 30.1 Å². The van der Waals surface area contributed by atoms with E-state index in [9.17, 15) is 18.3 Å². The van der Waals surface area contributed by atoms with Crippen molar-refractivity contribution >= 4 is 27.6 Å². The summed E-state index contributed by atoms with van der Waals surface area (Å²) in [6.45, 7) is 0.573. The van der Waals surface area contributed by atoms with E-state index in [-0.39, 0.29) is 35.4 Å². The summed E-state index contributed by atoms with van der Waals surface area (Å²) >= 11 is 5.89. The third-order valence-electron chi connectivity index (χ3n) is 5.33. The summed E-state index contributed by atoms with van der Waals surface area (Å²) in [6.07, 6.45) is 4.79. The molecule has 1 saturated heterocycles. The van der Waals surface area contributed by atoms with Gasteiger partial charge in [-0.3, -0.25) is 4.79 Å². The van der Waals surface area contributed by atoms with E-state index < -0.39 is 16.0 Å². The van der Waals surface area contributed by atoms with Gasteiger partial charge in [0.25, 0.3) is 0 Å². The molecule has 3 rings (SSSR count). The second-order valence-electron chi connectivity index (χ2n) is 7.34. The Bertz CT molecular complexity index is 1020. The van der Waals surface area contributed by atoms with Crippen molar-refractivity contribution in [3.8, 4) is 5.75 Å². The molecular formula is C22H24ClNO5S. The summed E-state index contributed by atoms with van der Waals surface area (Å²) in [5, 5.41) is 19.5. The quantitative estimate of drug-likeness (QED) is 0.587. The number of carbonyl (C=O) groups is 1. The van der Waals surface area contributed by atoms with Crippen LogP contribution < -0.4 is 0 Å². The van der Waals surface area contributed by atoms with E-state index in [1.54, 1.807) is 24.3 Å². The molecule has 30 heavy (non-hydrogen) atoms. The van der Waals surface area contributed by atoms with Gasteiger partial charge in [-0.1, -0.05) is 42.0 Å². The van der Waals surface area contributed by atoms with Gasteiger partial charge in [0.05, 0.1) is 4.90 Å². The van der Waals surface area contributed by atoms with Crippen molar-refractivity contribution in [3.05, 3.63) is 71.3 Å². The van der Waals surface area contributed by atoms with Gasteiger partial charge in [0.1, 0.15) is 5.75 Å². The highest BCUT2D eigenvalue weighted by Gasteiger charge is 2.40. The van der Waals surface area contributed by atoms with Crippen molar-refractivity contribution in [3.63, 3.8) is 0 Å². The maximum atomic E-state index is 13.1. The lowest BCUT2D eigenvalue weighted by atomic mass is 9.86. The standard InChI is InChI=1S/C22H24ClNO5S/c23-17-10-12-18(13-11-17)30(28,29)24-14-16(6-2-1-3-9-22(26)27)20(15-24)19-7-4-5-8-21(19)25/h1-2,4-5,7-8,10-13,16,20,25H,3,6,9,14-15H2,(H,26,27)/b2-1-/t16-,20-/m1/s1. The summed E-state index contributed by atoms with van der Waals surface area (Å²) < 4.78 is 27.7. The number of hydrogen-bond donors (Lipinski definition) is 2. The van der Waals surface area contributed by atoms with Crippen LogP contribution >= 0.6 is 11.6 Å². The van der Waals surface area contributed by atoms with E-state index in [0.717, 1.165) is 5.56 Å². The highest BCUT2D eigenvalue weighted by atomic mass is 35.5. The first-order valence-corrected chi connectivity index (χ1v) is 11.5. The molecule has 2 atom stereocenters. The number of aromatic hydroxyl groups is 1. The number of nitrogens with zero attached hydrogens (tertiary/aromatic N) is 1. The molecule has 1 aliphatic heterocycles. The Morgan fingerprint density at radius 2 is 1.80 bits per heavy atom. The molecule has 1 aliphatic rings. The van der Waals surface area contributed by atoms with Gasteiger partial charge in [0.2, 0.25) is 10.0 Å². The molecule has 0 amide bonds. The number of sulfonamides is 1. The van der Waals surface area contributed by atoms with Crippen LogP contribution in [0.2, 0.25) is 5.02 Å². The number of rotatable bonds is 8. The number of hydrogen-bond acceptors (Lipinski definition) is 4. The molecule has 0 aliphatic carbocycles. The summed E-state index contributed by atoms with van der Waals surface area (Å²) in [7, 11) is -3.70. The minimum absolute atomic E-state index is 0.0403. The van der Waals surface area contributed by atoms with Gasteiger partial charge in [0, 0.05) is 30.5 Å². The van der Waals surface area contributed by atoms with E-state index in [1.807, 2.05) is 24.3 Å². The molecule has 0 unspecified atom stereocenters. The fourth-order valence-corrected chi connectivity index (χ4v) is 5.42. The van der Waals surface area contributed by atoms with Gasteiger partial charge in [-0.05, 0) is 54.7 Å². The zero-order valence-electron chi connectivity index (χ0n) is 16.3. The summed E-state index contributed by atoms with van der Waals surface area (Å²) in [5.41, 5.74) is 0.718. The van der Waals surface area contributed by atoms with E-state index in [2.05, 4.69) is 0 Å². The average molecular weight is 450 g/mol. The van der Waals surface area contributed by atoms with E-state index >= 15 is 0 Å². The molecule has 0 aromatic heterocycles. The van der Waals surface area contributed by atoms with Crippen molar-refractivity contribution in [1.29, 1.82) is 0 Å². The lowest BCUT2D eigenvalue weighted by molar-refractivity contribution is -0.136. The number of para-hydroxylation sites is 1. The number of carboxylic acids is 1. The fourth-order valence-electron chi connectivity index (χ4n) is 3.77. The Morgan fingerprint density at radius 1 is 1.10 bits per heavy atom. The molecule has 8 heteroatoms. The molecular weight excluding hydrogens is 426 g/mol. The van der Waals surface area contributed by atoms with Gasteiger partial charge >= 0.3 is 5.97 Å². The summed E-state index contributed by atoms with van der Waals surface area (Å²) in [4.78, 5) is 10.8. The number of phenols is 1. The van der Waals surface area contributed by atoms with Crippen LogP contribution in [0.5, 0.6) is 5.75 Å². The smallest absolute Gasteiger partial charge is 0.303 e. The van der Waals surface area contributed by atoms with Crippen molar-refractivity contribution < 1.29 is 23.4 Å². The van der Waals surface area contributed by atoms with Gasteiger partial charge in [0.15, 0.2) is 0 Å². The topological polar surface area (TPSA) is 94.9 Å². The second-order valence-corrected chi connectivity index (χ2v) is 9.72. The Kier molecular flexibility index (Phi) is 7.18. The zero-order valence-corrected chi connectivity index (χ0v) is 17.9. The van der Waals surface area contributed by atoms with Gasteiger partial charge in [-0.25, -0.2) is 8.42 Å². The third kappa shape index (κ3) is 5.22. The minimum Gasteiger partial charge on any atom is -0.508 e. The molecule has 160 valence electrons. The summed E-state index contributed by atoms with van der Waals surface area (Å²) in [6, 6.07) is 13.1. The zero-order chi connectivity index (χ0) is 21.7. The first-order valence-electron chi connectivity index (χ1n) is 9.69. The number of aliphatic carboxylic acids is 1. The Balaban J connectivity index is 1.83. The molecule has 1 heterocycles. The Morgan fingerprint density at radius 3 is 2.47 bits per heavy atom. The van der Waals surface area contributed by atoms with Gasteiger partial charge < -0.3 is 10.2 Å². The monoisotopic (exact) mass is 449 g/mol. The first kappa shape index (κ1) is 22.3. The predicted molar refractivity (Wildman–Crippen MR) is 115 cm³/mol. The van der Waals surface area contributed by atoms with E-state index in [4.69, 9.17) is 16.7 Å². The average Bonchev–Trinajstić information content (AvgIpc) is 3.13. The second kappa shape index (κ2) is 9.64. The molecule has 0 bridgehead atoms. The fraction of sp³-hybridized carbons (Fsp3) is 0.318. The van der Waals surface area contributed by atoms with Crippen LogP contribution in [-0.4, -0.2) is 42.0 Å². The molecule has 2 N–H and O–H groups in total. The lowest BCUT2D eigenvalue weighted by Gasteiger charge is -2.18. The van der Waals surface area contributed by atoms with Crippen molar-refractivity contribution in [1.82, 2.24) is 4.31 Å². The molecule has 0 spiro atoms. The van der Waals surface area contributed by atoms with Crippen LogP contribution in [0, 0.1) is 5.92 Å². The van der Waals surface area contributed by atoms with Gasteiger partial charge in [-0.15, -0.1) is 0 Å². The van der Waals surface area contributed by atoms with Gasteiger partial charge in [-0.2, -0.15) is 4.31 Å². The lowest BCUT2D eigenvalue weighted by Crippen LogP contribution is -2.29. The Labute approximate surface area is 181 Å². The third-order valence-corrected chi connectivity index (χ3v) is 7.42. The van der Waals surface area contributed by atoms with E-state index in [0.29, 0.717) is 24.4 Å². The van der Waals surface area contributed by atoms with E-state index in [1.165, 1.54) is 16.4 Å². The molecule has 2 aromatic carbocycles. The van der Waals surface area contributed by atoms with Crippen LogP contribution in [0.1, 0.15) is 30.7 Å². The Hall–Kier alpha value is -2.35. The van der Waals surface area contributed by atoms with Crippen LogP contribution in [0.25, 0.3) is 0 Å². The van der Waals surface area contributed by atoms with Crippen LogP contribution in [0.4, 0.5) is 0 Å². The van der Waals surface area contributed by atoms with Crippen LogP contribution in [-0.2, 0) is 14.8 Å². The highest BCUT2D eigenvalue weighted by molar-refractivity contribution is 7.89. The molecule has 2 aromatic rings. The number of allylic oxidation sites excluding steroid dienone is 2. The van der Waals surface area contributed by atoms with Crippen LogP contribution in [0.3, 0.4) is 0 Å². The molecule has 6 nitrogen and oxygen atoms in total. The predicted octanol–water partition coefficient (Wildman–Crippen LogP) is 4.26. The number of halogens is 1. The minimum atomic E-state index is -3.70. The number of phenolic OH excluding ortho intramolecular Hbond substituents is 1. The number of benzene rings is 2. The van der Waals surface area contributed by atoms with Crippen LogP contribution in [0.15, 0.2) is 65.6 Å². The highest BCUT2D eigenvalue weighted by Crippen LogP contribution is 2.40. The van der Waals surface area contributed by atoms with Crippen molar-refractivity contribution in [2.75, 3.05) is 13.1 Å². The maximum absolute atomic E-state index is 13.1. The largest absolute Gasteiger partial charge is 0.508 e. The SMILES string of the molecule is O=C(O)CC/C=C\C[C@@H]1CN(S(=O)(=O)c2ccc(Cl)cc2)C[C@H]1c1ccccc1O. The number of carboxylic acid groups (broad SMARTS) is 1. The molecule has 1 fully saturated rings. The molecule has 0 radical (unpaired) electrons. The molecule has 0 saturated carbocycles. The van der Waals surface area contributed by atoms with Crippen molar-refractivity contribution in [2.24, 2.45) is 5.92 Å². The first-order chi connectivity index (χ1) is 14.3. The maximum Gasteiger partial charge on any atom is 0.303 e. The normalized spacial score (nSPS) is 20.0. The summed E-state index contributed by atoms with van der Waals surface area (Å²) in [5.74, 6) is -0.917.